The van der Waals surface area contributed by atoms with Gasteiger partial charge >= 0.3 is 0 Å². The Morgan fingerprint density at radius 2 is 2.15 bits per heavy atom. The first-order chi connectivity index (χ1) is 6.33. The van der Waals surface area contributed by atoms with Crippen LogP contribution in [0.4, 0.5) is 0 Å². The van der Waals surface area contributed by atoms with Gasteiger partial charge in [0.2, 0.25) is 0 Å². The van der Waals surface area contributed by atoms with Gasteiger partial charge in [-0.1, -0.05) is 12.2 Å². The molecule has 0 spiro atoms. The number of hydrogen-bond donors (Lipinski definition) is 0. The van der Waals surface area contributed by atoms with Crippen molar-refractivity contribution in [3.63, 3.8) is 0 Å². The number of ether oxygens (including phenoxy) is 1. The van der Waals surface area contributed by atoms with E-state index in [1.54, 1.807) is 7.11 Å². The molecule has 2 rings (SSSR count). The predicted molar refractivity (Wildman–Crippen MR) is 50.1 cm³/mol. The minimum absolute atomic E-state index is 0.282. The molecule has 0 amide bonds. The molecule has 0 bridgehead atoms. The number of methoxy groups -OCH3 is 1. The molecule has 0 heterocycles. The van der Waals surface area contributed by atoms with E-state index in [1.165, 1.54) is 0 Å². The molecular weight excluding hydrogens is 164 g/mol. The lowest BCUT2D eigenvalue weighted by atomic mass is 10.1. The molecule has 0 aromatic heterocycles. The number of allylic oxidation sites excluding steroid dienone is 5. The molecule has 0 N–H and O–H groups in total. The lowest BCUT2D eigenvalue weighted by Gasteiger charge is -2.06. The van der Waals surface area contributed by atoms with E-state index in [4.69, 9.17) is 4.74 Å². The second kappa shape index (κ2) is 3.21. The van der Waals surface area contributed by atoms with Crippen LogP contribution in [0.25, 0.3) is 0 Å². The molecule has 0 aromatic carbocycles. The highest BCUT2D eigenvalue weighted by Gasteiger charge is 2.25. The highest BCUT2D eigenvalue weighted by Crippen LogP contribution is 2.32. The van der Waals surface area contributed by atoms with Gasteiger partial charge in [0.15, 0.2) is 5.78 Å². The van der Waals surface area contributed by atoms with Gasteiger partial charge in [0.25, 0.3) is 0 Å². The van der Waals surface area contributed by atoms with Crippen LogP contribution in [0.15, 0.2) is 35.1 Å². The zero-order chi connectivity index (χ0) is 9.26. The molecule has 0 unspecified atom stereocenters. The highest BCUT2D eigenvalue weighted by atomic mass is 16.5. The predicted octanol–water partition coefficient (Wildman–Crippen LogP) is 2.14. The van der Waals surface area contributed by atoms with E-state index in [-0.39, 0.29) is 5.78 Å². The number of carbonyl (C=O) groups excluding carboxylic acids is 1. The molecule has 0 atom stereocenters. The van der Waals surface area contributed by atoms with E-state index in [0.717, 1.165) is 29.7 Å². The van der Waals surface area contributed by atoms with Crippen LogP contribution < -0.4 is 0 Å². The summed E-state index contributed by atoms with van der Waals surface area (Å²) >= 11 is 0. The van der Waals surface area contributed by atoms with Gasteiger partial charge < -0.3 is 4.74 Å². The third kappa shape index (κ3) is 1.32. The molecule has 0 aromatic rings. The fourth-order valence-electron chi connectivity index (χ4n) is 1.85. The van der Waals surface area contributed by atoms with Crippen molar-refractivity contribution in [2.75, 3.05) is 7.11 Å². The van der Waals surface area contributed by atoms with Gasteiger partial charge in [-0.05, 0) is 18.9 Å². The van der Waals surface area contributed by atoms with Gasteiger partial charge in [0.05, 0.1) is 7.11 Å². The fourth-order valence-corrected chi connectivity index (χ4v) is 1.85. The SMILES string of the molecule is COC1=CC=CCC2=C1CCC2=O. The monoisotopic (exact) mass is 176 g/mol. The molecule has 2 nitrogen and oxygen atoms in total. The van der Waals surface area contributed by atoms with E-state index < -0.39 is 0 Å². The molecule has 0 aliphatic heterocycles. The number of hydrogen-bond acceptors (Lipinski definition) is 2. The minimum atomic E-state index is 0.282. The Bertz CT molecular complexity index is 332. The van der Waals surface area contributed by atoms with Crippen LogP contribution in [0.2, 0.25) is 0 Å². The van der Waals surface area contributed by atoms with Gasteiger partial charge in [0.1, 0.15) is 5.76 Å². The first-order valence-corrected chi connectivity index (χ1v) is 4.49. The highest BCUT2D eigenvalue weighted by molar-refractivity contribution is 5.99. The van der Waals surface area contributed by atoms with Gasteiger partial charge in [-0.25, -0.2) is 0 Å². The van der Waals surface area contributed by atoms with Gasteiger partial charge in [-0.15, -0.1) is 0 Å². The maximum Gasteiger partial charge on any atom is 0.159 e. The summed E-state index contributed by atoms with van der Waals surface area (Å²) in [5.74, 6) is 1.14. The number of Topliss-reactive ketones (excluding diaryl/α,β-unsaturated/α-hetero) is 1. The molecule has 0 saturated carbocycles. The minimum Gasteiger partial charge on any atom is -0.496 e. The van der Waals surface area contributed by atoms with E-state index >= 15 is 0 Å². The summed E-state index contributed by atoms with van der Waals surface area (Å²) < 4.78 is 5.23. The molecule has 0 fully saturated rings. The summed E-state index contributed by atoms with van der Waals surface area (Å²) in [7, 11) is 1.65. The third-order valence-corrected chi connectivity index (χ3v) is 2.53. The van der Waals surface area contributed by atoms with Crippen molar-refractivity contribution >= 4 is 5.78 Å². The molecule has 0 saturated heterocycles. The van der Waals surface area contributed by atoms with Gasteiger partial charge in [-0.3, -0.25) is 4.79 Å². The van der Waals surface area contributed by atoms with Crippen LogP contribution in [-0.4, -0.2) is 12.9 Å². The standard InChI is InChI=1S/C11H12O2/c1-13-11-5-3-2-4-8-9(11)6-7-10(8)12/h2-3,5H,4,6-7H2,1H3. The zero-order valence-electron chi connectivity index (χ0n) is 7.67. The van der Waals surface area contributed by atoms with Crippen molar-refractivity contribution in [2.45, 2.75) is 19.3 Å². The Morgan fingerprint density at radius 1 is 1.31 bits per heavy atom. The van der Waals surface area contributed by atoms with Crippen LogP contribution in [0.1, 0.15) is 19.3 Å². The molecule has 0 radical (unpaired) electrons. The van der Waals surface area contributed by atoms with Crippen molar-refractivity contribution in [1.82, 2.24) is 0 Å². The topological polar surface area (TPSA) is 26.3 Å². The first-order valence-electron chi connectivity index (χ1n) is 4.49. The third-order valence-electron chi connectivity index (χ3n) is 2.53. The Labute approximate surface area is 77.6 Å². The number of rotatable bonds is 1. The lowest BCUT2D eigenvalue weighted by Crippen LogP contribution is -1.96. The van der Waals surface area contributed by atoms with Crippen molar-refractivity contribution < 1.29 is 9.53 Å². The Balaban J connectivity index is 2.43. The largest absolute Gasteiger partial charge is 0.496 e. The van der Waals surface area contributed by atoms with Gasteiger partial charge in [0, 0.05) is 17.6 Å². The maximum atomic E-state index is 11.4. The van der Waals surface area contributed by atoms with E-state index in [1.807, 2.05) is 18.2 Å². The quantitative estimate of drug-likeness (QED) is 0.611. The van der Waals surface area contributed by atoms with E-state index in [9.17, 15) is 4.79 Å². The first kappa shape index (κ1) is 8.30. The van der Waals surface area contributed by atoms with Crippen molar-refractivity contribution in [3.8, 4) is 0 Å². The summed E-state index contributed by atoms with van der Waals surface area (Å²) in [6, 6.07) is 0. The molecular formula is C11H12O2. The molecule has 2 aliphatic rings. The maximum absolute atomic E-state index is 11.4. The lowest BCUT2D eigenvalue weighted by molar-refractivity contribution is -0.114. The van der Waals surface area contributed by atoms with Crippen molar-refractivity contribution in [2.24, 2.45) is 0 Å². The fraction of sp³-hybridized carbons (Fsp3) is 0.364. The van der Waals surface area contributed by atoms with Gasteiger partial charge in [-0.2, -0.15) is 0 Å². The second-order valence-electron chi connectivity index (χ2n) is 3.25. The average Bonchev–Trinajstić information content (AvgIpc) is 2.39. The Kier molecular flexibility index (Phi) is 2.05. The smallest absolute Gasteiger partial charge is 0.159 e. The average molecular weight is 176 g/mol. The van der Waals surface area contributed by atoms with Crippen LogP contribution >= 0.6 is 0 Å². The second-order valence-corrected chi connectivity index (χ2v) is 3.25. The summed E-state index contributed by atoms with van der Waals surface area (Å²) in [4.78, 5) is 11.4. The Morgan fingerprint density at radius 3 is 2.92 bits per heavy atom. The van der Waals surface area contributed by atoms with E-state index in [2.05, 4.69) is 0 Å². The summed E-state index contributed by atoms with van der Waals surface area (Å²) in [5.41, 5.74) is 2.05. The zero-order valence-corrected chi connectivity index (χ0v) is 7.67. The van der Waals surface area contributed by atoms with Crippen LogP contribution in [0.3, 0.4) is 0 Å². The van der Waals surface area contributed by atoms with Crippen molar-refractivity contribution in [3.05, 3.63) is 35.1 Å². The van der Waals surface area contributed by atoms with Crippen LogP contribution in [0, 0.1) is 0 Å². The number of carbonyl (C=O) groups is 1. The molecule has 2 heteroatoms. The van der Waals surface area contributed by atoms with Crippen LogP contribution in [0.5, 0.6) is 0 Å². The van der Waals surface area contributed by atoms with Crippen molar-refractivity contribution in [1.29, 1.82) is 0 Å². The normalized spacial score (nSPS) is 21.3. The summed E-state index contributed by atoms with van der Waals surface area (Å²) in [6.45, 7) is 0. The van der Waals surface area contributed by atoms with E-state index in [0.29, 0.717) is 6.42 Å². The van der Waals surface area contributed by atoms with Crippen LogP contribution in [-0.2, 0) is 9.53 Å². The number of ketones is 1. The molecule has 68 valence electrons. The summed E-state index contributed by atoms with van der Waals surface area (Å²) in [6.07, 6.45) is 8.14. The summed E-state index contributed by atoms with van der Waals surface area (Å²) in [5, 5.41) is 0. The Hall–Kier alpha value is -1.31. The molecule has 2 aliphatic carbocycles. The molecule has 13 heavy (non-hydrogen) atoms.